The van der Waals surface area contributed by atoms with E-state index in [1.165, 1.54) is 6.07 Å². The zero-order chi connectivity index (χ0) is 15.5. The molecule has 6 heteroatoms. The molecule has 0 saturated heterocycles. The Morgan fingerprint density at radius 1 is 1.15 bits per heavy atom. The summed E-state index contributed by atoms with van der Waals surface area (Å²) in [6, 6.07) is 4.57. The minimum Gasteiger partial charge on any atom is -0.352 e. The lowest BCUT2D eigenvalue weighted by molar-refractivity contribution is -0.126. The van der Waals surface area contributed by atoms with Gasteiger partial charge < -0.3 is 10.6 Å². The fraction of sp³-hybridized carbons (Fsp3) is 0.429. The maximum atomic E-state index is 12.1. The van der Waals surface area contributed by atoms with Crippen molar-refractivity contribution >= 4 is 35.0 Å². The Hall–Kier alpha value is -1.26. The van der Waals surface area contributed by atoms with Gasteiger partial charge in [-0.05, 0) is 45.9 Å². The van der Waals surface area contributed by atoms with Crippen molar-refractivity contribution in [2.75, 3.05) is 0 Å². The molecule has 0 aliphatic heterocycles. The Morgan fingerprint density at radius 3 is 2.25 bits per heavy atom. The van der Waals surface area contributed by atoms with Gasteiger partial charge in [0.2, 0.25) is 5.91 Å². The van der Waals surface area contributed by atoms with Gasteiger partial charge in [0.1, 0.15) is 5.54 Å². The van der Waals surface area contributed by atoms with Crippen LogP contribution >= 0.6 is 23.2 Å². The summed E-state index contributed by atoms with van der Waals surface area (Å²) in [5.74, 6) is -0.631. The molecule has 20 heavy (non-hydrogen) atoms. The van der Waals surface area contributed by atoms with E-state index in [9.17, 15) is 9.59 Å². The molecule has 0 saturated carbocycles. The quantitative estimate of drug-likeness (QED) is 0.897. The summed E-state index contributed by atoms with van der Waals surface area (Å²) in [6.07, 6.45) is 0. The first-order chi connectivity index (χ1) is 9.13. The van der Waals surface area contributed by atoms with Gasteiger partial charge in [0.05, 0.1) is 10.0 Å². The molecular weight excluding hydrogens is 299 g/mol. The highest BCUT2D eigenvalue weighted by Gasteiger charge is 2.30. The molecule has 2 amide bonds. The van der Waals surface area contributed by atoms with Gasteiger partial charge in [-0.3, -0.25) is 9.59 Å². The highest BCUT2D eigenvalue weighted by molar-refractivity contribution is 6.42. The highest BCUT2D eigenvalue weighted by atomic mass is 35.5. The van der Waals surface area contributed by atoms with Crippen LogP contribution in [0.4, 0.5) is 0 Å². The molecule has 1 rings (SSSR count). The van der Waals surface area contributed by atoms with Gasteiger partial charge >= 0.3 is 0 Å². The van der Waals surface area contributed by atoms with Crippen molar-refractivity contribution in [1.29, 1.82) is 0 Å². The molecule has 1 aromatic carbocycles. The lowest BCUT2D eigenvalue weighted by Crippen LogP contribution is -2.55. The first-order valence-corrected chi connectivity index (χ1v) is 6.97. The Labute approximate surface area is 128 Å². The number of carbonyl (C=O) groups excluding carboxylic acids is 2. The summed E-state index contributed by atoms with van der Waals surface area (Å²) in [4.78, 5) is 24.1. The monoisotopic (exact) mass is 316 g/mol. The Balaban J connectivity index is 2.83. The van der Waals surface area contributed by atoms with Crippen LogP contribution < -0.4 is 10.6 Å². The van der Waals surface area contributed by atoms with E-state index >= 15 is 0 Å². The third-order valence-electron chi connectivity index (χ3n) is 2.60. The molecule has 4 nitrogen and oxygen atoms in total. The third-order valence-corrected chi connectivity index (χ3v) is 3.33. The molecule has 0 radical (unpaired) electrons. The minimum absolute atomic E-state index is 0.00338. The van der Waals surface area contributed by atoms with Gasteiger partial charge in [0.25, 0.3) is 5.91 Å². The topological polar surface area (TPSA) is 58.2 Å². The highest BCUT2D eigenvalue weighted by Crippen LogP contribution is 2.22. The number of rotatable bonds is 4. The van der Waals surface area contributed by atoms with Crippen molar-refractivity contribution in [3.05, 3.63) is 33.8 Å². The molecule has 0 heterocycles. The van der Waals surface area contributed by atoms with Crippen molar-refractivity contribution in [3.8, 4) is 0 Å². The van der Waals surface area contributed by atoms with Crippen LogP contribution in [0.3, 0.4) is 0 Å². The molecule has 0 aliphatic carbocycles. The lowest BCUT2D eigenvalue weighted by atomic mass is 10.0. The number of hydrogen-bond acceptors (Lipinski definition) is 2. The average molecular weight is 317 g/mol. The number of amides is 2. The molecular formula is C14H18Cl2N2O2. The average Bonchev–Trinajstić information content (AvgIpc) is 2.31. The van der Waals surface area contributed by atoms with Crippen LogP contribution in [0.25, 0.3) is 0 Å². The summed E-state index contributed by atoms with van der Waals surface area (Å²) < 4.78 is 0. The van der Waals surface area contributed by atoms with Crippen LogP contribution in [-0.2, 0) is 4.79 Å². The van der Waals surface area contributed by atoms with E-state index in [0.29, 0.717) is 15.6 Å². The van der Waals surface area contributed by atoms with Gasteiger partial charge in [-0.2, -0.15) is 0 Å². The Kier molecular flexibility index (Phi) is 5.42. The summed E-state index contributed by atoms with van der Waals surface area (Å²) in [5.41, 5.74) is -0.669. The Bertz CT molecular complexity index is 528. The van der Waals surface area contributed by atoms with Crippen molar-refractivity contribution in [1.82, 2.24) is 10.6 Å². The third kappa shape index (κ3) is 4.39. The number of benzene rings is 1. The molecule has 0 aliphatic rings. The summed E-state index contributed by atoms with van der Waals surface area (Å²) in [6.45, 7) is 6.99. The zero-order valence-corrected chi connectivity index (χ0v) is 13.4. The molecule has 1 aromatic rings. The molecule has 0 atom stereocenters. The normalized spacial score (nSPS) is 11.3. The molecule has 110 valence electrons. The van der Waals surface area contributed by atoms with Crippen LogP contribution in [-0.4, -0.2) is 23.4 Å². The summed E-state index contributed by atoms with van der Waals surface area (Å²) in [5, 5.41) is 6.10. The molecule has 0 fully saturated rings. The number of halogens is 2. The predicted molar refractivity (Wildman–Crippen MR) is 81.3 cm³/mol. The summed E-state index contributed by atoms with van der Waals surface area (Å²) in [7, 11) is 0. The molecule has 0 spiro atoms. The van der Waals surface area contributed by atoms with Crippen molar-refractivity contribution in [2.24, 2.45) is 0 Å². The minimum atomic E-state index is -1.02. The zero-order valence-electron chi connectivity index (χ0n) is 11.9. The van der Waals surface area contributed by atoms with Gasteiger partial charge in [-0.25, -0.2) is 0 Å². The fourth-order valence-corrected chi connectivity index (χ4v) is 1.79. The second kappa shape index (κ2) is 6.46. The van der Waals surface area contributed by atoms with E-state index in [0.717, 1.165) is 0 Å². The summed E-state index contributed by atoms with van der Waals surface area (Å²) >= 11 is 11.7. The largest absolute Gasteiger partial charge is 0.352 e. The number of carbonyl (C=O) groups is 2. The van der Waals surface area contributed by atoms with Gasteiger partial charge in [-0.1, -0.05) is 23.2 Å². The molecule has 0 bridgehead atoms. The van der Waals surface area contributed by atoms with Crippen LogP contribution in [0.15, 0.2) is 18.2 Å². The first-order valence-electron chi connectivity index (χ1n) is 6.22. The van der Waals surface area contributed by atoms with Gasteiger partial charge in [-0.15, -0.1) is 0 Å². The van der Waals surface area contributed by atoms with Crippen molar-refractivity contribution in [2.45, 2.75) is 39.3 Å². The van der Waals surface area contributed by atoms with Crippen molar-refractivity contribution < 1.29 is 9.59 Å². The van der Waals surface area contributed by atoms with Crippen LogP contribution in [0.1, 0.15) is 38.1 Å². The maximum Gasteiger partial charge on any atom is 0.252 e. The molecule has 0 unspecified atom stereocenters. The van der Waals surface area contributed by atoms with Gasteiger partial charge in [0.15, 0.2) is 0 Å². The lowest BCUT2D eigenvalue weighted by Gasteiger charge is -2.26. The predicted octanol–water partition coefficient (Wildman–Crippen LogP) is 3.03. The number of hydrogen-bond donors (Lipinski definition) is 2. The van der Waals surface area contributed by atoms with E-state index in [1.807, 2.05) is 13.8 Å². The number of nitrogens with one attached hydrogen (secondary N) is 2. The SMILES string of the molecule is CC(C)NC(=O)C(C)(C)NC(=O)c1ccc(Cl)c(Cl)c1. The second-order valence-corrected chi connectivity index (χ2v) is 6.15. The van der Waals surface area contributed by atoms with E-state index in [1.54, 1.807) is 26.0 Å². The maximum absolute atomic E-state index is 12.1. The van der Waals surface area contributed by atoms with Crippen LogP contribution in [0.5, 0.6) is 0 Å². The Morgan fingerprint density at radius 2 is 1.75 bits per heavy atom. The van der Waals surface area contributed by atoms with Gasteiger partial charge in [0, 0.05) is 11.6 Å². The molecule has 0 aromatic heterocycles. The van der Waals surface area contributed by atoms with Crippen molar-refractivity contribution in [3.63, 3.8) is 0 Å². The van der Waals surface area contributed by atoms with E-state index in [2.05, 4.69) is 10.6 Å². The van der Waals surface area contributed by atoms with E-state index < -0.39 is 5.54 Å². The van der Waals surface area contributed by atoms with Crippen LogP contribution in [0.2, 0.25) is 10.0 Å². The standard InChI is InChI=1S/C14H18Cl2N2O2/c1-8(2)17-13(20)14(3,4)18-12(19)9-5-6-10(15)11(16)7-9/h5-8H,1-4H3,(H,17,20)(H,18,19). The first kappa shape index (κ1) is 16.8. The van der Waals surface area contributed by atoms with E-state index in [4.69, 9.17) is 23.2 Å². The fourth-order valence-electron chi connectivity index (χ4n) is 1.49. The molecule has 2 N–H and O–H groups in total. The van der Waals surface area contributed by atoms with E-state index in [-0.39, 0.29) is 17.9 Å². The smallest absolute Gasteiger partial charge is 0.252 e. The van der Waals surface area contributed by atoms with Crippen LogP contribution in [0, 0.1) is 0 Å². The second-order valence-electron chi connectivity index (χ2n) is 5.34.